The highest BCUT2D eigenvalue weighted by molar-refractivity contribution is 6.29. The maximum atomic E-state index is 2.45. The molecule has 7 aromatic carbocycles. The molecular formula is C44H28N4. The van der Waals surface area contributed by atoms with E-state index >= 15 is 0 Å². The summed E-state index contributed by atoms with van der Waals surface area (Å²) < 4.78 is 9.66. The van der Waals surface area contributed by atoms with Crippen LogP contribution in [0, 0.1) is 0 Å². The van der Waals surface area contributed by atoms with E-state index in [9.17, 15) is 0 Å². The third-order valence-electron chi connectivity index (χ3n) is 10.1. The molecule has 0 atom stereocenters. The fourth-order valence-electron chi connectivity index (χ4n) is 8.20. The molecule has 0 amide bonds. The summed E-state index contributed by atoms with van der Waals surface area (Å²) in [6, 6.07) is 61.6. The number of imidazole rings is 1. The number of aromatic nitrogens is 4. The molecule has 0 N–H and O–H groups in total. The minimum absolute atomic E-state index is 1.14. The number of hydrogen-bond donors (Lipinski definition) is 0. The van der Waals surface area contributed by atoms with Gasteiger partial charge in [-0.1, -0.05) is 91.0 Å². The van der Waals surface area contributed by atoms with Crippen molar-refractivity contribution >= 4 is 71.2 Å². The van der Waals surface area contributed by atoms with Gasteiger partial charge in [0.25, 0.3) is 0 Å². The Morgan fingerprint density at radius 1 is 0.292 bits per heavy atom. The molecule has 48 heavy (non-hydrogen) atoms. The third-order valence-corrected chi connectivity index (χ3v) is 10.1. The second kappa shape index (κ2) is 9.50. The Morgan fingerprint density at radius 3 is 1.44 bits per heavy atom. The molecule has 0 saturated carbocycles. The second-order valence-corrected chi connectivity index (χ2v) is 12.6. The maximum Gasteiger partial charge on any atom is 0.123 e. The maximum absolute atomic E-state index is 2.45. The van der Waals surface area contributed by atoms with Gasteiger partial charge in [0.2, 0.25) is 0 Å². The SMILES string of the molecule is c1ccc(-n2c3ccccc3c3c4c5ccccc5n(-c5ccc6c(c5)n5c7ccccc7cc5n6-c5ccccc5)c4ccc32)cc1. The smallest absolute Gasteiger partial charge is 0.123 e. The van der Waals surface area contributed by atoms with Crippen LogP contribution in [0.1, 0.15) is 0 Å². The lowest BCUT2D eigenvalue weighted by molar-refractivity contribution is 1.15. The van der Waals surface area contributed by atoms with Gasteiger partial charge >= 0.3 is 0 Å². The molecule has 0 aliphatic carbocycles. The predicted molar refractivity (Wildman–Crippen MR) is 200 cm³/mol. The highest BCUT2D eigenvalue weighted by Gasteiger charge is 2.22. The number of hydrogen-bond acceptors (Lipinski definition) is 0. The van der Waals surface area contributed by atoms with E-state index in [1.807, 2.05) is 0 Å². The summed E-state index contributed by atoms with van der Waals surface area (Å²) in [5.74, 6) is 0. The van der Waals surface area contributed by atoms with Crippen molar-refractivity contribution in [2.24, 2.45) is 0 Å². The van der Waals surface area contributed by atoms with E-state index in [1.165, 1.54) is 71.2 Å². The highest BCUT2D eigenvalue weighted by atomic mass is 15.1. The molecule has 0 unspecified atom stereocenters. The van der Waals surface area contributed by atoms with Gasteiger partial charge in [0.15, 0.2) is 0 Å². The minimum Gasteiger partial charge on any atom is -0.309 e. The number of benzene rings is 7. The van der Waals surface area contributed by atoms with Gasteiger partial charge in [0.1, 0.15) is 5.65 Å². The topological polar surface area (TPSA) is 19.2 Å². The van der Waals surface area contributed by atoms with Gasteiger partial charge in [-0.3, -0.25) is 8.97 Å². The van der Waals surface area contributed by atoms with Gasteiger partial charge in [-0.2, -0.15) is 0 Å². The van der Waals surface area contributed by atoms with E-state index in [0.717, 1.165) is 17.0 Å². The second-order valence-electron chi connectivity index (χ2n) is 12.6. The quantitative estimate of drug-likeness (QED) is 0.189. The van der Waals surface area contributed by atoms with E-state index < -0.39 is 0 Å². The first-order valence-electron chi connectivity index (χ1n) is 16.5. The molecule has 0 fully saturated rings. The van der Waals surface area contributed by atoms with Crippen molar-refractivity contribution in [2.75, 3.05) is 0 Å². The van der Waals surface area contributed by atoms with Crippen molar-refractivity contribution in [1.29, 1.82) is 0 Å². The first kappa shape index (κ1) is 25.6. The molecule has 11 aromatic rings. The van der Waals surface area contributed by atoms with Gasteiger partial charge in [0, 0.05) is 44.0 Å². The standard InChI is InChI=1S/C44H28N4/c1-3-14-30(15-4-1)45-36-21-11-8-18-33(36)43-39(45)25-26-40-44(43)34-19-9-12-22-37(34)46(40)32-23-24-38-41(28-32)48-35-20-10-7-13-29(35)27-42(48)47(38)31-16-5-2-6-17-31/h1-28H. The lowest BCUT2D eigenvalue weighted by Gasteiger charge is -2.10. The van der Waals surface area contributed by atoms with Gasteiger partial charge in [-0.05, 0) is 78.9 Å². The number of nitrogens with zero attached hydrogens (tertiary/aromatic N) is 4. The van der Waals surface area contributed by atoms with Crippen LogP contribution in [-0.4, -0.2) is 18.1 Å². The van der Waals surface area contributed by atoms with Crippen molar-refractivity contribution in [2.45, 2.75) is 0 Å². The van der Waals surface area contributed by atoms with Gasteiger partial charge in [-0.15, -0.1) is 0 Å². The van der Waals surface area contributed by atoms with Crippen LogP contribution in [-0.2, 0) is 0 Å². The van der Waals surface area contributed by atoms with Crippen LogP contribution in [0.2, 0.25) is 0 Å². The lowest BCUT2D eigenvalue weighted by Crippen LogP contribution is -1.96. The molecule has 4 heteroatoms. The summed E-state index contributed by atoms with van der Waals surface area (Å²) in [7, 11) is 0. The van der Waals surface area contributed by atoms with E-state index in [0.29, 0.717) is 0 Å². The molecule has 4 aromatic heterocycles. The molecule has 0 spiro atoms. The summed E-state index contributed by atoms with van der Waals surface area (Å²) in [5.41, 5.74) is 13.0. The molecule has 4 nitrogen and oxygen atoms in total. The summed E-state index contributed by atoms with van der Waals surface area (Å²) in [5, 5.41) is 6.33. The number of rotatable bonds is 3. The Hall–Kier alpha value is -6.52. The van der Waals surface area contributed by atoms with Gasteiger partial charge in [-0.25, -0.2) is 0 Å². The van der Waals surface area contributed by atoms with E-state index in [-0.39, 0.29) is 0 Å². The molecule has 11 rings (SSSR count). The average Bonchev–Trinajstić information content (AvgIpc) is 3.87. The van der Waals surface area contributed by atoms with Crippen molar-refractivity contribution in [3.8, 4) is 17.1 Å². The monoisotopic (exact) mass is 612 g/mol. The van der Waals surface area contributed by atoms with Crippen LogP contribution in [0.25, 0.3) is 88.3 Å². The Morgan fingerprint density at radius 2 is 0.792 bits per heavy atom. The van der Waals surface area contributed by atoms with Crippen molar-refractivity contribution < 1.29 is 0 Å². The molecule has 0 bridgehead atoms. The number of para-hydroxylation sites is 5. The molecule has 0 aliphatic heterocycles. The van der Waals surface area contributed by atoms with Crippen molar-refractivity contribution in [3.05, 3.63) is 170 Å². The van der Waals surface area contributed by atoms with E-state index in [2.05, 4.69) is 188 Å². The van der Waals surface area contributed by atoms with Crippen LogP contribution in [0.4, 0.5) is 0 Å². The molecular weight excluding hydrogens is 585 g/mol. The average molecular weight is 613 g/mol. The summed E-state index contributed by atoms with van der Waals surface area (Å²) in [6.07, 6.45) is 0. The highest BCUT2D eigenvalue weighted by Crippen LogP contribution is 2.43. The zero-order chi connectivity index (χ0) is 31.3. The lowest BCUT2D eigenvalue weighted by atomic mass is 10.1. The summed E-state index contributed by atoms with van der Waals surface area (Å²) in [6.45, 7) is 0. The molecule has 0 saturated heterocycles. The van der Waals surface area contributed by atoms with Crippen LogP contribution >= 0.6 is 0 Å². The fourth-order valence-corrected chi connectivity index (χ4v) is 8.20. The van der Waals surface area contributed by atoms with Crippen molar-refractivity contribution in [3.63, 3.8) is 0 Å². The predicted octanol–water partition coefficient (Wildman–Crippen LogP) is 11.2. The Bertz CT molecular complexity index is 3040. The Labute approximate surface area is 275 Å². The zero-order valence-corrected chi connectivity index (χ0v) is 26.0. The van der Waals surface area contributed by atoms with Crippen LogP contribution in [0.5, 0.6) is 0 Å². The minimum atomic E-state index is 1.14. The van der Waals surface area contributed by atoms with Crippen molar-refractivity contribution in [1.82, 2.24) is 18.1 Å². The Kier molecular flexibility index (Phi) is 5.08. The molecule has 224 valence electrons. The van der Waals surface area contributed by atoms with Crippen LogP contribution < -0.4 is 0 Å². The zero-order valence-electron chi connectivity index (χ0n) is 26.0. The fraction of sp³-hybridized carbons (Fsp3) is 0. The molecule has 4 heterocycles. The molecule has 0 radical (unpaired) electrons. The van der Waals surface area contributed by atoms with Crippen LogP contribution in [0.15, 0.2) is 170 Å². The number of fused-ring (bicyclic) bond motifs is 12. The van der Waals surface area contributed by atoms with E-state index in [4.69, 9.17) is 0 Å². The Balaban J connectivity index is 1.27. The normalized spacial score (nSPS) is 12.2. The third kappa shape index (κ3) is 3.33. The first-order chi connectivity index (χ1) is 23.8. The molecule has 0 aliphatic rings. The van der Waals surface area contributed by atoms with Crippen LogP contribution in [0.3, 0.4) is 0 Å². The summed E-state index contributed by atoms with van der Waals surface area (Å²) >= 11 is 0. The van der Waals surface area contributed by atoms with Gasteiger partial charge < -0.3 is 9.13 Å². The van der Waals surface area contributed by atoms with E-state index in [1.54, 1.807) is 0 Å². The van der Waals surface area contributed by atoms with Gasteiger partial charge in [0.05, 0.1) is 38.6 Å². The summed E-state index contributed by atoms with van der Waals surface area (Å²) in [4.78, 5) is 0. The largest absolute Gasteiger partial charge is 0.309 e. The first-order valence-corrected chi connectivity index (χ1v) is 16.5.